The summed E-state index contributed by atoms with van der Waals surface area (Å²) >= 11 is 3.46. The number of nitrogens with one attached hydrogen (secondary N) is 3. The van der Waals surface area contributed by atoms with Crippen LogP contribution in [-0.2, 0) is 22.6 Å². The number of benzene rings is 1. The zero-order valence-corrected chi connectivity index (χ0v) is 18.9. The summed E-state index contributed by atoms with van der Waals surface area (Å²) in [4.78, 5) is 45.6. The van der Waals surface area contributed by atoms with Gasteiger partial charge in [-0.05, 0) is 24.3 Å². The van der Waals surface area contributed by atoms with Gasteiger partial charge < -0.3 is 25.1 Å². The third-order valence-electron chi connectivity index (χ3n) is 5.36. The number of likely N-dealkylation sites (tertiary alicyclic amines) is 1. The van der Waals surface area contributed by atoms with Crippen molar-refractivity contribution in [2.75, 3.05) is 19.6 Å². The van der Waals surface area contributed by atoms with E-state index in [0.717, 1.165) is 21.1 Å². The molecule has 1 fully saturated rings. The van der Waals surface area contributed by atoms with E-state index in [4.69, 9.17) is 0 Å². The Kier molecular flexibility index (Phi) is 6.40. The van der Waals surface area contributed by atoms with Gasteiger partial charge in [0.15, 0.2) is 0 Å². The molecule has 0 radical (unpaired) electrons. The first-order valence-corrected chi connectivity index (χ1v) is 11.0. The average Bonchev–Trinajstić information content (AvgIpc) is 3.38. The number of H-pyrrole nitrogens is 1. The summed E-state index contributed by atoms with van der Waals surface area (Å²) in [5, 5.41) is 6.61. The molecule has 0 atom stereocenters. The van der Waals surface area contributed by atoms with Gasteiger partial charge in [-0.15, -0.1) is 0 Å². The lowest BCUT2D eigenvalue weighted by atomic mass is 10.1. The Balaban J connectivity index is 1.43. The van der Waals surface area contributed by atoms with Crippen molar-refractivity contribution in [3.63, 3.8) is 0 Å². The number of rotatable bonds is 8. The highest BCUT2D eigenvalue weighted by Crippen LogP contribution is 2.25. The summed E-state index contributed by atoms with van der Waals surface area (Å²) in [6.45, 7) is 4.93. The molecule has 3 aromatic rings. The molecule has 0 spiro atoms. The molecule has 1 saturated heterocycles. The van der Waals surface area contributed by atoms with Crippen molar-refractivity contribution in [2.45, 2.75) is 19.0 Å². The van der Waals surface area contributed by atoms with Gasteiger partial charge in [-0.25, -0.2) is 4.98 Å². The lowest BCUT2D eigenvalue weighted by Crippen LogP contribution is -2.61. The first-order valence-electron chi connectivity index (χ1n) is 10.2. The van der Waals surface area contributed by atoms with Gasteiger partial charge in [-0.3, -0.25) is 14.4 Å². The van der Waals surface area contributed by atoms with Gasteiger partial charge in [0.05, 0.1) is 23.6 Å². The molecule has 0 unspecified atom stereocenters. The van der Waals surface area contributed by atoms with Crippen LogP contribution in [-0.4, -0.2) is 62.8 Å². The molecule has 32 heavy (non-hydrogen) atoms. The smallest absolute Gasteiger partial charge is 0.253 e. The van der Waals surface area contributed by atoms with E-state index >= 15 is 0 Å². The summed E-state index contributed by atoms with van der Waals surface area (Å²) in [6.07, 6.45) is 6.99. The highest BCUT2D eigenvalue weighted by molar-refractivity contribution is 9.10. The molecule has 4 rings (SSSR count). The molecule has 1 aromatic carbocycles. The largest absolute Gasteiger partial charge is 0.352 e. The standard InChI is InChI=1S/C22H23BrN6O3/c1-2-21(31)29-9-16(10-29)27-20(30)12-28-11-18(17-7-14(23)3-4-19(17)28)22(32)25-6-5-15-8-24-13-26-15/h2-4,7-8,11,13,16H,1,5-6,9-10,12H2,(H,24,26)(H,25,32)(H,27,30). The van der Waals surface area contributed by atoms with Gasteiger partial charge in [0, 0.05) is 53.8 Å². The van der Waals surface area contributed by atoms with Crippen molar-refractivity contribution in [3.8, 4) is 0 Å². The topological polar surface area (TPSA) is 112 Å². The quantitative estimate of drug-likeness (QED) is 0.409. The van der Waals surface area contributed by atoms with Crippen molar-refractivity contribution in [3.05, 3.63) is 65.3 Å². The number of fused-ring (bicyclic) bond motifs is 1. The predicted octanol–water partition coefficient (Wildman–Crippen LogP) is 1.61. The molecule has 0 bridgehead atoms. The maximum Gasteiger partial charge on any atom is 0.253 e. The molecule has 9 nitrogen and oxygen atoms in total. The Bertz CT molecular complexity index is 1160. The van der Waals surface area contributed by atoms with E-state index in [1.165, 1.54) is 6.08 Å². The number of hydrogen-bond acceptors (Lipinski definition) is 4. The van der Waals surface area contributed by atoms with E-state index in [0.29, 0.717) is 31.6 Å². The zero-order chi connectivity index (χ0) is 22.7. The fraction of sp³-hybridized carbons (Fsp3) is 0.273. The summed E-state index contributed by atoms with van der Waals surface area (Å²) in [5.74, 6) is -0.521. The fourth-order valence-electron chi connectivity index (χ4n) is 3.72. The SMILES string of the molecule is C=CC(=O)N1CC(NC(=O)Cn2cc(C(=O)NCCc3c[nH]cn3)c3cc(Br)ccc32)C1. The van der Waals surface area contributed by atoms with Crippen LogP contribution in [0.2, 0.25) is 0 Å². The molecule has 1 aliphatic rings. The normalized spacial score (nSPS) is 13.6. The first-order chi connectivity index (χ1) is 15.4. The Morgan fingerprint density at radius 2 is 2.12 bits per heavy atom. The summed E-state index contributed by atoms with van der Waals surface area (Å²) in [7, 11) is 0. The van der Waals surface area contributed by atoms with E-state index in [9.17, 15) is 14.4 Å². The van der Waals surface area contributed by atoms with E-state index in [2.05, 4.69) is 43.1 Å². The molecular weight excluding hydrogens is 476 g/mol. The molecule has 10 heteroatoms. The van der Waals surface area contributed by atoms with Gasteiger partial charge in [0.2, 0.25) is 11.8 Å². The molecule has 3 amide bonds. The highest BCUT2D eigenvalue weighted by atomic mass is 79.9. The lowest BCUT2D eigenvalue weighted by molar-refractivity contribution is -0.133. The average molecular weight is 499 g/mol. The maximum atomic E-state index is 12.8. The summed E-state index contributed by atoms with van der Waals surface area (Å²) in [6, 6.07) is 5.55. The van der Waals surface area contributed by atoms with Crippen LogP contribution in [0, 0.1) is 0 Å². The van der Waals surface area contributed by atoms with Crippen LogP contribution in [0.4, 0.5) is 0 Å². The van der Waals surface area contributed by atoms with Crippen LogP contribution < -0.4 is 10.6 Å². The number of amides is 3. The molecule has 0 saturated carbocycles. The van der Waals surface area contributed by atoms with Crippen LogP contribution in [0.5, 0.6) is 0 Å². The number of hydrogen-bond donors (Lipinski definition) is 3. The second-order valence-corrected chi connectivity index (χ2v) is 8.53. The Morgan fingerprint density at radius 1 is 1.31 bits per heavy atom. The van der Waals surface area contributed by atoms with Crippen molar-refractivity contribution < 1.29 is 14.4 Å². The number of imidazole rings is 1. The Hall–Kier alpha value is -3.40. The second-order valence-electron chi connectivity index (χ2n) is 7.61. The minimum Gasteiger partial charge on any atom is -0.352 e. The minimum atomic E-state index is -0.208. The molecule has 2 aromatic heterocycles. The predicted molar refractivity (Wildman–Crippen MR) is 123 cm³/mol. The number of aromatic nitrogens is 3. The second kappa shape index (κ2) is 9.39. The minimum absolute atomic E-state index is 0.0740. The van der Waals surface area contributed by atoms with Crippen molar-refractivity contribution >= 4 is 44.6 Å². The van der Waals surface area contributed by atoms with Crippen LogP contribution in [0.1, 0.15) is 16.1 Å². The van der Waals surface area contributed by atoms with Crippen molar-refractivity contribution in [2.24, 2.45) is 0 Å². The number of aromatic amines is 1. The maximum absolute atomic E-state index is 12.8. The summed E-state index contributed by atoms with van der Waals surface area (Å²) < 4.78 is 2.62. The zero-order valence-electron chi connectivity index (χ0n) is 17.3. The number of carbonyl (C=O) groups is 3. The van der Waals surface area contributed by atoms with E-state index in [-0.39, 0.29) is 30.3 Å². The monoisotopic (exact) mass is 498 g/mol. The van der Waals surface area contributed by atoms with Crippen molar-refractivity contribution in [1.82, 2.24) is 30.1 Å². The van der Waals surface area contributed by atoms with E-state index in [1.54, 1.807) is 28.2 Å². The molecule has 3 heterocycles. The number of nitrogens with zero attached hydrogens (tertiary/aromatic N) is 3. The van der Waals surface area contributed by atoms with Crippen LogP contribution in [0.3, 0.4) is 0 Å². The van der Waals surface area contributed by atoms with E-state index in [1.807, 2.05) is 18.2 Å². The van der Waals surface area contributed by atoms with Crippen molar-refractivity contribution in [1.29, 1.82) is 0 Å². The highest BCUT2D eigenvalue weighted by Gasteiger charge is 2.30. The lowest BCUT2D eigenvalue weighted by Gasteiger charge is -2.38. The molecular formula is C22H23BrN6O3. The third-order valence-corrected chi connectivity index (χ3v) is 5.85. The molecule has 3 N–H and O–H groups in total. The van der Waals surface area contributed by atoms with Crippen LogP contribution in [0.25, 0.3) is 10.9 Å². The van der Waals surface area contributed by atoms with Gasteiger partial charge in [0.1, 0.15) is 6.54 Å². The molecule has 166 valence electrons. The first kappa shape index (κ1) is 21.8. The Labute approximate surface area is 193 Å². The number of carbonyl (C=O) groups excluding carboxylic acids is 3. The number of halogens is 1. The van der Waals surface area contributed by atoms with Gasteiger partial charge in [-0.2, -0.15) is 0 Å². The van der Waals surface area contributed by atoms with Crippen LogP contribution >= 0.6 is 15.9 Å². The van der Waals surface area contributed by atoms with Gasteiger partial charge in [-0.1, -0.05) is 22.5 Å². The van der Waals surface area contributed by atoms with E-state index < -0.39 is 0 Å². The molecule has 0 aliphatic carbocycles. The third kappa shape index (κ3) is 4.75. The summed E-state index contributed by atoms with van der Waals surface area (Å²) in [5.41, 5.74) is 2.16. The Morgan fingerprint density at radius 3 is 2.84 bits per heavy atom. The fourth-order valence-corrected chi connectivity index (χ4v) is 4.08. The van der Waals surface area contributed by atoms with Gasteiger partial charge >= 0.3 is 0 Å². The molecule has 1 aliphatic heterocycles. The van der Waals surface area contributed by atoms with Crippen LogP contribution in [0.15, 0.2) is 54.0 Å². The van der Waals surface area contributed by atoms with Gasteiger partial charge in [0.25, 0.3) is 5.91 Å².